The van der Waals surface area contributed by atoms with Gasteiger partial charge in [-0.15, -0.1) is 0 Å². The minimum absolute atomic E-state index is 1.29. The summed E-state index contributed by atoms with van der Waals surface area (Å²) in [4.78, 5) is 0. The molecule has 1 rings (SSSR count). The number of hydrogen-bond donors (Lipinski definition) is 0. The third-order valence-corrected chi connectivity index (χ3v) is 1.77. The average Bonchev–Trinajstić information content (AvgIpc) is 2.41. The minimum Gasteiger partial charge on any atom is -0.0877 e. The molecule has 0 saturated heterocycles. The highest BCUT2D eigenvalue weighted by Crippen LogP contribution is 2.12. The van der Waals surface area contributed by atoms with Crippen LogP contribution in [0.5, 0.6) is 0 Å². The highest BCUT2D eigenvalue weighted by molar-refractivity contribution is 5.64. The molecule has 0 aliphatic heterocycles. The van der Waals surface area contributed by atoms with E-state index in [4.69, 9.17) is 0 Å². The molecule has 16 heavy (non-hydrogen) atoms. The Morgan fingerprint density at radius 1 is 0.938 bits per heavy atom. The van der Waals surface area contributed by atoms with E-state index in [0.29, 0.717) is 0 Å². The zero-order valence-electron chi connectivity index (χ0n) is 11.6. The van der Waals surface area contributed by atoms with Crippen LogP contribution in [0.3, 0.4) is 0 Å². The molecular formula is C16H26. The van der Waals surface area contributed by atoms with Gasteiger partial charge in [-0.05, 0) is 25.0 Å². The van der Waals surface area contributed by atoms with Crippen LogP contribution >= 0.6 is 0 Å². The molecule has 0 radical (unpaired) electrons. The largest absolute Gasteiger partial charge is 0.0877 e. The van der Waals surface area contributed by atoms with Crippen LogP contribution in [0.25, 0.3) is 5.57 Å². The van der Waals surface area contributed by atoms with Gasteiger partial charge in [0.15, 0.2) is 0 Å². The summed E-state index contributed by atoms with van der Waals surface area (Å²) in [6.45, 7) is 12.1. The average molecular weight is 218 g/mol. The van der Waals surface area contributed by atoms with Crippen LogP contribution in [-0.4, -0.2) is 0 Å². The molecule has 0 amide bonds. The zero-order chi connectivity index (χ0) is 12.8. The van der Waals surface area contributed by atoms with Crippen molar-refractivity contribution in [3.8, 4) is 0 Å². The second kappa shape index (κ2) is 13.7. The molecule has 0 nitrogen and oxygen atoms in total. The van der Waals surface area contributed by atoms with Gasteiger partial charge >= 0.3 is 0 Å². The summed E-state index contributed by atoms with van der Waals surface area (Å²) in [6.07, 6.45) is 6.21. The second-order valence-electron chi connectivity index (χ2n) is 2.74. The van der Waals surface area contributed by atoms with Crippen molar-refractivity contribution in [2.24, 2.45) is 0 Å². The van der Waals surface area contributed by atoms with Gasteiger partial charge in [-0.3, -0.25) is 0 Å². The van der Waals surface area contributed by atoms with Gasteiger partial charge in [0.05, 0.1) is 0 Å². The van der Waals surface area contributed by atoms with Gasteiger partial charge in [0.25, 0.3) is 0 Å². The predicted octanol–water partition coefficient (Wildman–Crippen LogP) is 5.72. The predicted molar refractivity (Wildman–Crippen MR) is 77.6 cm³/mol. The topological polar surface area (TPSA) is 0 Å². The Bertz CT molecular complexity index is 278. The Hall–Kier alpha value is -1.30. The fraction of sp³-hybridized carbons (Fsp3) is 0.375. The third-order valence-electron chi connectivity index (χ3n) is 1.77. The van der Waals surface area contributed by atoms with Crippen molar-refractivity contribution in [1.82, 2.24) is 0 Å². The quantitative estimate of drug-likeness (QED) is 0.557. The van der Waals surface area contributed by atoms with E-state index >= 15 is 0 Å². The Balaban J connectivity index is 0. The van der Waals surface area contributed by atoms with Gasteiger partial charge in [0.1, 0.15) is 0 Å². The summed E-state index contributed by atoms with van der Waals surface area (Å²) in [7, 11) is 0. The molecule has 0 saturated carbocycles. The van der Waals surface area contributed by atoms with E-state index in [1.54, 1.807) is 0 Å². The number of allylic oxidation sites excluding steroid dienone is 4. The van der Waals surface area contributed by atoms with Gasteiger partial charge in [-0.1, -0.05) is 76.3 Å². The summed E-state index contributed by atoms with van der Waals surface area (Å²) in [5, 5.41) is 0. The van der Waals surface area contributed by atoms with Crippen LogP contribution in [0.15, 0.2) is 48.6 Å². The van der Waals surface area contributed by atoms with Crippen molar-refractivity contribution >= 4 is 5.57 Å². The lowest BCUT2D eigenvalue weighted by molar-refractivity contribution is 1.50. The van der Waals surface area contributed by atoms with E-state index in [9.17, 15) is 0 Å². The first kappa shape index (κ1) is 17.1. The highest BCUT2D eigenvalue weighted by atomic mass is 13.9. The van der Waals surface area contributed by atoms with Crippen LogP contribution in [0.1, 0.15) is 47.1 Å². The zero-order valence-corrected chi connectivity index (χ0v) is 11.6. The molecule has 0 aliphatic carbocycles. The molecule has 0 heterocycles. The van der Waals surface area contributed by atoms with Gasteiger partial charge in [-0.25, -0.2) is 0 Å². The standard InChI is InChI=1S/C12H14.2C2H6/c1-3-4-8-11(2)12-9-6-5-7-10-12;2*1-2/h3-10H,1-2H3;2*1-2H3/b4-3-,11-8+;;. The second-order valence-corrected chi connectivity index (χ2v) is 2.74. The Morgan fingerprint density at radius 2 is 1.44 bits per heavy atom. The normalized spacial score (nSPS) is 10.0. The van der Waals surface area contributed by atoms with Crippen LogP contribution in [0, 0.1) is 0 Å². The van der Waals surface area contributed by atoms with Crippen LogP contribution in [-0.2, 0) is 0 Å². The molecule has 0 atom stereocenters. The van der Waals surface area contributed by atoms with Crippen molar-refractivity contribution in [3.63, 3.8) is 0 Å². The Labute approximate surface area is 102 Å². The van der Waals surface area contributed by atoms with Crippen LogP contribution in [0.2, 0.25) is 0 Å². The van der Waals surface area contributed by atoms with Crippen molar-refractivity contribution in [2.75, 3.05) is 0 Å². The molecule has 0 fully saturated rings. The fourth-order valence-corrected chi connectivity index (χ4v) is 1.04. The molecule has 0 heteroatoms. The lowest BCUT2D eigenvalue weighted by atomic mass is 10.1. The minimum atomic E-state index is 1.29. The van der Waals surface area contributed by atoms with Crippen LogP contribution in [0.4, 0.5) is 0 Å². The number of hydrogen-bond acceptors (Lipinski definition) is 0. The summed E-state index contributed by atoms with van der Waals surface area (Å²) < 4.78 is 0. The summed E-state index contributed by atoms with van der Waals surface area (Å²) in [5.74, 6) is 0. The molecule has 1 aromatic carbocycles. The molecular weight excluding hydrogens is 192 g/mol. The first-order valence-corrected chi connectivity index (χ1v) is 6.19. The van der Waals surface area contributed by atoms with Crippen molar-refractivity contribution in [3.05, 3.63) is 54.1 Å². The molecule has 90 valence electrons. The van der Waals surface area contributed by atoms with E-state index in [0.717, 1.165) is 0 Å². The Morgan fingerprint density at radius 3 is 1.88 bits per heavy atom. The van der Waals surface area contributed by atoms with Crippen molar-refractivity contribution in [1.29, 1.82) is 0 Å². The molecule has 0 aliphatic rings. The van der Waals surface area contributed by atoms with Gasteiger partial charge in [0, 0.05) is 0 Å². The first-order valence-electron chi connectivity index (χ1n) is 6.19. The lowest BCUT2D eigenvalue weighted by Crippen LogP contribution is -1.75. The van der Waals surface area contributed by atoms with E-state index in [1.165, 1.54) is 11.1 Å². The molecule has 0 aromatic heterocycles. The Kier molecular flexibility index (Phi) is 14.6. The van der Waals surface area contributed by atoms with E-state index < -0.39 is 0 Å². The fourth-order valence-electron chi connectivity index (χ4n) is 1.04. The number of benzene rings is 1. The van der Waals surface area contributed by atoms with Crippen molar-refractivity contribution in [2.45, 2.75) is 41.5 Å². The maximum atomic E-state index is 2.12. The molecule has 1 aromatic rings. The molecule has 0 spiro atoms. The maximum Gasteiger partial charge on any atom is -0.0227 e. The van der Waals surface area contributed by atoms with E-state index in [-0.39, 0.29) is 0 Å². The number of rotatable bonds is 2. The molecule has 0 N–H and O–H groups in total. The van der Waals surface area contributed by atoms with Crippen molar-refractivity contribution < 1.29 is 0 Å². The van der Waals surface area contributed by atoms with Gasteiger partial charge < -0.3 is 0 Å². The first-order chi connectivity index (χ1) is 7.84. The molecule has 0 unspecified atom stereocenters. The smallest absolute Gasteiger partial charge is 0.0227 e. The molecule has 0 bridgehead atoms. The summed E-state index contributed by atoms with van der Waals surface area (Å²) >= 11 is 0. The maximum absolute atomic E-state index is 2.12. The summed E-state index contributed by atoms with van der Waals surface area (Å²) in [6, 6.07) is 10.4. The SMILES string of the molecule is C/C=C\C=C(/C)c1ccccc1.CC.CC. The van der Waals surface area contributed by atoms with Gasteiger partial charge in [-0.2, -0.15) is 0 Å². The lowest BCUT2D eigenvalue weighted by Gasteiger charge is -1.97. The van der Waals surface area contributed by atoms with Crippen LogP contribution < -0.4 is 0 Å². The van der Waals surface area contributed by atoms with E-state index in [1.807, 2.05) is 46.8 Å². The van der Waals surface area contributed by atoms with E-state index in [2.05, 4.69) is 43.3 Å². The van der Waals surface area contributed by atoms with Gasteiger partial charge in [0.2, 0.25) is 0 Å². The third kappa shape index (κ3) is 8.05. The monoisotopic (exact) mass is 218 g/mol. The summed E-state index contributed by atoms with van der Waals surface area (Å²) in [5.41, 5.74) is 2.59. The highest BCUT2D eigenvalue weighted by Gasteiger charge is 1.89.